The number of carbonyl (C=O) groups is 1. The summed E-state index contributed by atoms with van der Waals surface area (Å²) in [5.41, 5.74) is 0.942. The standard InChI is InChI=1S/C16H20N2O2/c19-16(12-10-11-6-7-13(12)17-11)18-8-3-9-20-15-5-2-1-4-14(15)18/h1-2,4-5,11-13,17H,3,6-10H2. The zero-order valence-electron chi connectivity index (χ0n) is 11.5. The fourth-order valence-corrected chi connectivity index (χ4v) is 3.85. The minimum Gasteiger partial charge on any atom is -0.491 e. The fraction of sp³-hybridized carbons (Fsp3) is 0.562. The van der Waals surface area contributed by atoms with Crippen molar-refractivity contribution in [3.8, 4) is 5.75 Å². The second-order valence-electron chi connectivity index (χ2n) is 6.05. The first-order valence-electron chi connectivity index (χ1n) is 7.62. The Morgan fingerprint density at radius 1 is 1.30 bits per heavy atom. The number of carbonyl (C=O) groups excluding carboxylic acids is 1. The monoisotopic (exact) mass is 272 g/mol. The van der Waals surface area contributed by atoms with Crippen LogP contribution in [0.2, 0.25) is 0 Å². The fourth-order valence-electron chi connectivity index (χ4n) is 3.85. The van der Waals surface area contributed by atoms with Gasteiger partial charge in [0.05, 0.1) is 18.2 Å². The summed E-state index contributed by atoms with van der Waals surface area (Å²) >= 11 is 0. The predicted molar refractivity (Wildman–Crippen MR) is 77.0 cm³/mol. The SMILES string of the molecule is O=C(C1CC2CCC1N2)N1CCCOc2ccccc21. The van der Waals surface area contributed by atoms with Crippen LogP contribution in [0, 0.1) is 5.92 Å². The summed E-state index contributed by atoms with van der Waals surface area (Å²) in [4.78, 5) is 14.9. The molecule has 1 aromatic rings. The summed E-state index contributed by atoms with van der Waals surface area (Å²) in [6.45, 7) is 1.46. The molecular weight excluding hydrogens is 252 g/mol. The summed E-state index contributed by atoms with van der Waals surface area (Å²) in [7, 11) is 0. The van der Waals surface area contributed by atoms with Gasteiger partial charge in [-0.25, -0.2) is 0 Å². The molecule has 3 aliphatic heterocycles. The molecule has 3 aliphatic rings. The highest BCUT2D eigenvalue weighted by Gasteiger charge is 2.44. The number of nitrogens with one attached hydrogen (secondary N) is 1. The van der Waals surface area contributed by atoms with Crippen molar-refractivity contribution in [1.82, 2.24) is 5.32 Å². The number of rotatable bonds is 1. The Labute approximate surface area is 119 Å². The summed E-state index contributed by atoms with van der Waals surface area (Å²) in [5, 5.41) is 3.56. The first kappa shape index (κ1) is 12.2. The molecule has 0 spiro atoms. The van der Waals surface area contributed by atoms with Crippen LogP contribution in [0.15, 0.2) is 24.3 Å². The van der Waals surface area contributed by atoms with Gasteiger partial charge in [0.15, 0.2) is 0 Å². The summed E-state index contributed by atoms with van der Waals surface area (Å²) < 4.78 is 5.74. The molecule has 2 saturated heterocycles. The lowest BCUT2D eigenvalue weighted by molar-refractivity contribution is -0.122. The average Bonchev–Trinajstić information content (AvgIpc) is 3.04. The highest BCUT2D eigenvalue weighted by atomic mass is 16.5. The molecule has 0 aromatic heterocycles. The lowest BCUT2D eigenvalue weighted by Gasteiger charge is -2.28. The molecule has 2 fully saturated rings. The molecule has 2 bridgehead atoms. The molecule has 1 amide bonds. The second-order valence-corrected chi connectivity index (χ2v) is 6.05. The van der Waals surface area contributed by atoms with Crippen LogP contribution in [0.3, 0.4) is 0 Å². The molecule has 1 aromatic carbocycles. The lowest BCUT2D eigenvalue weighted by atomic mass is 9.88. The maximum absolute atomic E-state index is 12.9. The predicted octanol–water partition coefficient (Wildman–Crippen LogP) is 1.94. The van der Waals surface area contributed by atoms with Gasteiger partial charge in [-0.1, -0.05) is 12.1 Å². The van der Waals surface area contributed by atoms with Crippen LogP contribution in [0.1, 0.15) is 25.7 Å². The Kier molecular flexibility index (Phi) is 2.91. The highest BCUT2D eigenvalue weighted by molar-refractivity contribution is 5.97. The summed E-state index contributed by atoms with van der Waals surface area (Å²) in [6, 6.07) is 8.86. The maximum atomic E-state index is 12.9. The van der Waals surface area contributed by atoms with Crippen molar-refractivity contribution >= 4 is 11.6 Å². The average molecular weight is 272 g/mol. The van der Waals surface area contributed by atoms with Gasteiger partial charge < -0.3 is 15.0 Å². The van der Waals surface area contributed by atoms with Gasteiger partial charge in [0.2, 0.25) is 5.91 Å². The van der Waals surface area contributed by atoms with Gasteiger partial charge in [0, 0.05) is 18.6 Å². The number of ether oxygens (including phenoxy) is 1. The number of fused-ring (bicyclic) bond motifs is 3. The smallest absolute Gasteiger partial charge is 0.231 e. The molecule has 4 heteroatoms. The largest absolute Gasteiger partial charge is 0.491 e. The van der Waals surface area contributed by atoms with E-state index in [1.165, 1.54) is 6.42 Å². The molecule has 0 radical (unpaired) electrons. The third-order valence-corrected chi connectivity index (χ3v) is 4.82. The van der Waals surface area contributed by atoms with E-state index in [1.54, 1.807) is 0 Å². The number of benzene rings is 1. The van der Waals surface area contributed by atoms with Crippen LogP contribution in [0.5, 0.6) is 5.75 Å². The second kappa shape index (κ2) is 4.77. The minimum absolute atomic E-state index is 0.153. The summed E-state index contributed by atoms with van der Waals surface area (Å²) in [5.74, 6) is 1.28. The number of para-hydroxylation sites is 2. The normalized spacial score (nSPS) is 31.6. The molecule has 3 heterocycles. The van der Waals surface area contributed by atoms with E-state index in [-0.39, 0.29) is 11.8 Å². The zero-order chi connectivity index (χ0) is 13.5. The van der Waals surface area contributed by atoms with E-state index in [0.717, 1.165) is 37.2 Å². The molecule has 20 heavy (non-hydrogen) atoms. The zero-order valence-corrected chi connectivity index (χ0v) is 11.5. The number of hydrogen-bond donors (Lipinski definition) is 1. The topological polar surface area (TPSA) is 41.6 Å². The Balaban J connectivity index is 1.63. The number of hydrogen-bond acceptors (Lipinski definition) is 3. The van der Waals surface area contributed by atoms with Crippen LogP contribution >= 0.6 is 0 Å². The van der Waals surface area contributed by atoms with Crippen molar-refractivity contribution in [2.45, 2.75) is 37.8 Å². The maximum Gasteiger partial charge on any atom is 0.231 e. The van der Waals surface area contributed by atoms with Gasteiger partial charge in [-0.15, -0.1) is 0 Å². The molecule has 1 N–H and O–H groups in total. The molecule has 0 aliphatic carbocycles. The van der Waals surface area contributed by atoms with Gasteiger partial charge in [-0.3, -0.25) is 4.79 Å². The first-order valence-corrected chi connectivity index (χ1v) is 7.62. The number of anilines is 1. The molecule has 3 unspecified atom stereocenters. The Morgan fingerprint density at radius 2 is 2.20 bits per heavy atom. The van der Waals surface area contributed by atoms with E-state index >= 15 is 0 Å². The van der Waals surface area contributed by atoms with E-state index in [4.69, 9.17) is 4.74 Å². The van der Waals surface area contributed by atoms with Gasteiger partial charge in [0.25, 0.3) is 0 Å². The highest BCUT2D eigenvalue weighted by Crippen LogP contribution is 2.37. The first-order chi connectivity index (χ1) is 9.83. The van der Waals surface area contributed by atoms with Gasteiger partial charge >= 0.3 is 0 Å². The third kappa shape index (κ3) is 1.90. The van der Waals surface area contributed by atoms with Crippen molar-refractivity contribution in [3.63, 3.8) is 0 Å². The van der Waals surface area contributed by atoms with Crippen molar-refractivity contribution in [2.75, 3.05) is 18.1 Å². The molecule has 4 nitrogen and oxygen atoms in total. The molecule has 0 saturated carbocycles. The van der Waals surface area contributed by atoms with E-state index < -0.39 is 0 Å². The van der Waals surface area contributed by atoms with Crippen LogP contribution < -0.4 is 15.0 Å². The molecule has 3 atom stereocenters. The number of nitrogens with zero attached hydrogens (tertiary/aromatic N) is 1. The van der Waals surface area contributed by atoms with Crippen molar-refractivity contribution < 1.29 is 9.53 Å². The van der Waals surface area contributed by atoms with Crippen molar-refractivity contribution in [2.24, 2.45) is 5.92 Å². The molecular formula is C16H20N2O2. The van der Waals surface area contributed by atoms with Crippen LogP contribution in [0.25, 0.3) is 0 Å². The molecule has 4 rings (SSSR count). The number of amides is 1. The minimum atomic E-state index is 0.153. The van der Waals surface area contributed by atoms with Crippen LogP contribution in [0.4, 0.5) is 5.69 Å². The van der Waals surface area contributed by atoms with E-state index in [2.05, 4.69) is 5.32 Å². The summed E-state index contributed by atoms with van der Waals surface area (Å²) in [6.07, 6.45) is 4.28. The van der Waals surface area contributed by atoms with Crippen molar-refractivity contribution in [3.05, 3.63) is 24.3 Å². The van der Waals surface area contributed by atoms with Gasteiger partial charge in [-0.2, -0.15) is 0 Å². The lowest BCUT2D eigenvalue weighted by Crippen LogP contribution is -2.41. The Bertz CT molecular complexity index is 531. The Hall–Kier alpha value is -1.55. The Morgan fingerprint density at radius 3 is 3.00 bits per heavy atom. The molecule has 106 valence electrons. The third-order valence-electron chi connectivity index (χ3n) is 4.82. The van der Waals surface area contributed by atoms with Crippen LogP contribution in [-0.2, 0) is 4.79 Å². The van der Waals surface area contributed by atoms with Crippen molar-refractivity contribution in [1.29, 1.82) is 0 Å². The quantitative estimate of drug-likeness (QED) is 0.849. The van der Waals surface area contributed by atoms with E-state index in [1.807, 2.05) is 29.2 Å². The van der Waals surface area contributed by atoms with E-state index in [9.17, 15) is 4.79 Å². The van der Waals surface area contributed by atoms with E-state index in [0.29, 0.717) is 18.7 Å². The van der Waals surface area contributed by atoms with Crippen LogP contribution in [-0.4, -0.2) is 31.1 Å². The van der Waals surface area contributed by atoms with Gasteiger partial charge in [0.1, 0.15) is 5.75 Å². The van der Waals surface area contributed by atoms with Gasteiger partial charge in [-0.05, 0) is 37.8 Å².